The topological polar surface area (TPSA) is 91.6 Å². The Hall–Kier alpha value is -3.85. The molecule has 0 unspecified atom stereocenters. The van der Waals surface area contributed by atoms with Crippen molar-refractivity contribution in [3.63, 3.8) is 0 Å². The normalized spacial score (nSPS) is 14.0. The van der Waals surface area contributed by atoms with Crippen LogP contribution >= 0.6 is 11.3 Å². The Morgan fingerprint density at radius 1 is 1.09 bits per heavy atom. The second-order valence-corrected chi connectivity index (χ2v) is 9.37. The van der Waals surface area contributed by atoms with Gasteiger partial charge in [0.15, 0.2) is 0 Å². The van der Waals surface area contributed by atoms with E-state index >= 15 is 0 Å². The van der Waals surface area contributed by atoms with Crippen LogP contribution in [-0.4, -0.2) is 29.1 Å². The van der Waals surface area contributed by atoms with E-state index in [4.69, 9.17) is 4.74 Å². The minimum absolute atomic E-state index is 0.0144. The molecule has 1 fully saturated rings. The highest BCUT2D eigenvalue weighted by Crippen LogP contribution is 2.47. The van der Waals surface area contributed by atoms with Gasteiger partial charge in [-0.3, -0.25) is 9.78 Å². The van der Waals surface area contributed by atoms with Gasteiger partial charge in [0, 0.05) is 39.0 Å². The molecule has 0 spiro atoms. The summed E-state index contributed by atoms with van der Waals surface area (Å²) in [5.41, 5.74) is 1.67. The zero-order valence-electron chi connectivity index (χ0n) is 17.9. The number of ketones is 1. The van der Waals surface area contributed by atoms with Crippen LogP contribution in [0, 0.1) is 21.3 Å². The maximum absolute atomic E-state index is 13.6. The van der Waals surface area contributed by atoms with Gasteiger partial charge in [-0.25, -0.2) is 4.39 Å². The molecule has 4 aromatic rings. The van der Waals surface area contributed by atoms with Crippen molar-refractivity contribution in [3.05, 3.63) is 93.4 Å². The summed E-state index contributed by atoms with van der Waals surface area (Å²) < 4.78 is 20.4. The number of carbonyl (C=O) groups is 1. The van der Waals surface area contributed by atoms with Gasteiger partial charge in [0.25, 0.3) is 5.09 Å². The van der Waals surface area contributed by atoms with Crippen molar-refractivity contribution in [3.8, 4) is 16.9 Å². The van der Waals surface area contributed by atoms with E-state index in [1.54, 1.807) is 36.7 Å². The second-order valence-electron chi connectivity index (χ2n) is 8.32. The van der Waals surface area contributed by atoms with Crippen molar-refractivity contribution in [2.24, 2.45) is 5.41 Å². The van der Waals surface area contributed by atoms with E-state index < -0.39 is 5.09 Å². The fraction of sp³-hybridized carbons (Fsp3) is 0.200. The zero-order valence-corrected chi connectivity index (χ0v) is 18.7. The molecule has 0 radical (unpaired) electrons. The van der Waals surface area contributed by atoms with E-state index in [2.05, 4.69) is 9.82 Å². The molecule has 1 aliphatic carbocycles. The lowest BCUT2D eigenvalue weighted by Gasteiger charge is -2.15. The largest absolute Gasteiger partial charge is 0.493 e. The van der Waals surface area contributed by atoms with Gasteiger partial charge in [-0.05, 0) is 60.9 Å². The van der Waals surface area contributed by atoms with Crippen molar-refractivity contribution in [1.82, 2.24) is 4.98 Å². The fourth-order valence-corrected chi connectivity index (χ4v) is 5.01. The molecule has 9 heteroatoms. The Morgan fingerprint density at radius 3 is 2.50 bits per heavy atom. The average Bonchev–Trinajstić information content (AvgIpc) is 3.53. The summed E-state index contributed by atoms with van der Waals surface area (Å²) in [7, 11) is 0. The number of nitrogens with zero attached hydrogens (tertiary/aromatic N) is 2. The smallest absolute Gasteiger partial charge is 0.294 e. The first kappa shape index (κ1) is 22.0. The van der Waals surface area contributed by atoms with E-state index in [9.17, 15) is 19.3 Å². The number of thiophene rings is 1. The molecule has 0 N–H and O–H groups in total. The third-order valence-corrected chi connectivity index (χ3v) is 7.07. The van der Waals surface area contributed by atoms with Gasteiger partial charge in [-0.1, -0.05) is 12.1 Å². The standard InChI is InChI=1S/C25H19FN2O5S/c26-18-3-1-16(2-4-18)22-20-6-5-19(32-14-25(9-10-25)15-33-28(30)31)13-21(20)34-24(22)23(29)17-7-11-27-12-8-17/h1-8,11-13H,9-10,14-15H2. The molecule has 1 aliphatic rings. The lowest BCUT2D eigenvalue weighted by atomic mass is 9.98. The highest BCUT2D eigenvalue weighted by Gasteiger charge is 2.44. The molecule has 5 rings (SSSR count). The van der Waals surface area contributed by atoms with Crippen molar-refractivity contribution < 1.29 is 23.8 Å². The third kappa shape index (κ3) is 4.47. The predicted octanol–water partition coefficient (Wildman–Crippen LogP) is 5.70. The second kappa shape index (κ2) is 8.83. The van der Waals surface area contributed by atoms with Crippen molar-refractivity contribution in [2.75, 3.05) is 13.2 Å². The summed E-state index contributed by atoms with van der Waals surface area (Å²) in [6, 6.07) is 15.0. The molecule has 2 heterocycles. The Kier molecular flexibility index (Phi) is 5.70. The molecule has 0 bridgehead atoms. The van der Waals surface area contributed by atoms with Crippen LogP contribution in [0.25, 0.3) is 21.2 Å². The van der Waals surface area contributed by atoms with Gasteiger partial charge in [0.1, 0.15) is 18.2 Å². The summed E-state index contributed by atoms with van der Waals surface area (Å²) >= 11 is 1.35. The highest BCUT2D eigenvalue weighted by molar-refractivity contribution is 7.21. The monoisotopic (exact) mass is 478 g/mol. The first-order valence-electron chi connectivity index (χ1n) is 10.6. The van der Waals surface area contributed by atoms with Crippen molar-refractivity contribution in [1.29, 1.82) is 0 Å². The Labute approximate surface area is 197 Å². The van der Waals surface area contributed by atoms with E-state index in [0.29, 0.717) is 22.8 Å². The van der Waals surface area contributed by atoms with E-state index in [-0.39, 0.29) is 23.6 Å². The molecule has 1 saturated carbocycles. The number of pyridine rings is 1. The SMILES string of the molecule is O=C(c1ccncc1)c1sc2cc(OCC3(CO[N+](=O)[O-])CC3)ccc2c1-c1ccc(F)cc1. The van der Waals surface area contributed by atoms with Gasteiger partial charge in [-0.15, -0.1) is 21.5 Å². The van der Waals surface area contributed by atoms with Crippen LogP contribution in [0.3, 0.4) is 0 Å². The number of fused-ring (bicyclic) bond motifs is 1. The van der Waals surface area contributed by atoms with E-state index in [0.717, 1.165) is 34.1 Å². The summed E-state index contributed by atoms with van der Waals surface area (Å²) in [4.78, 5) is 33.0. The minimum Gasteiger partial charge on any atom is -0.493 e. The Bertz CT molecular complexity index is 1370. The Balaban J connectivity index is 1.49. The van der Waals surface area contributed by atoms with Crippen molar-refractivity contribution in [2.45, 2.75) is 12.8 Å². The summed E-state index contributed by atoms with van der Waals surface area (Å²) in [5.74, 6) is 0.116. The molecule has 7 nitrogen and oxygen atoms in total. The molecule has 2 aromatic heterocycles. The lowest BCUT2D eigenvalue weighted by Crippen LogP contribution is -2.21. The van der Waals surface area contributed by atoms with Crippen LogP contribution in [0.4, 0.5) is 4.39 Å². The summed E-state index contributed by atoms with van der Waals surface area (Å²) in [6.45, 7) is 0.325. The predicted molar refractivity (Wildman–Crippen MR) is 125 cm³/mol. The van der Waals surface area contributed by atoms with Gasteiger partial charge in [0.2, 0.25) is 5.78 Å². The first-order chi connectivity index (χ1) is 16.4. The number of hydrogen-bond acceptors (Lipinski definition) is 7. The number of hydrogen-bond donors (Lipinski definition) is 0. The fourth-order valence-electron chi connectivity index (χ4n) is 3.80. The number of halogens is 1. The first-order valence-corrected chi connectivity index (χ1v) is 11.4. The highest BCUT2D eigenvalue weighted by atomic mass is 32.1. The maximum Gasteiger partial charge on any atom is 0.294 e. The van der Waals surface area contributed by atoms with Crippen LogP contribution in [0.1, 0.15) is 28.1 Å². The molecule has 34 heavy (non-hydrogen) atoms. The van der Waals surface area contributed by atoms with Crippen LogP contribution in [0.15, 0.2) is 67.0 Å². The summed E-state index contributed by atoms with van der Waals surface area (Å²) in [5, 5.41) is 10.6. The van der Waals surface area contributed by atoms with Crippen LogP contribution < -0.4 is 4.74 Å². The van der Waals surface area contributed by atoms with Crippen molar-refractivity contribution >= 4 is 27.2 Å². The lowest BCUT2D eigenvalue weighted by molar-refractivity contribution is -0.760. The Morgan fingerprint density at radius 2 is 1.82 bits per heavy atom. The molecule has 172 valence electrons. The number of benzene rings is 2. The van der Waals surface area contributed by atoms with Crippen LogP contribution in [0.2, 0.25) is 0 Å². The third-order valence-electron chi connectivity index (χ3n) is 5.92. The molecular weight excluding hydrogens is 459 g/mol. The summed E-state index contributed by atoms with van der Waals surface area (Å²) in [6.07, 6.45) is 4.75. The molecule has 2 aromatic carbocycles. The number of ether oxygens (including phenoxy) is 1. The zero-order chi connectivity index (χ0) is 23.7. The molecule has 0 saturated heterocycles. The number of carbonyl (C=O) groups excluding carboxylic acids is 1. The van der Waals surface area contributed by atoms with E-state index in [1.165, 1.54) is 23.5 Å². The molecule has 0 amide bonds. The van der Waals surface area contributed by atoms with Gasteiger partial charge < -0.3 is 9.57 Å². The van der Waals surface area contributed by atoms with Crippen LogP contribution in [0.5, 0.6) is 5.75 Å². The molecule has 0 atom stereocenters. The maximum atomic E-state index is 13.6. The van der Waals surface area contributed by atoms with Gasteiger partial charge >= 0.3 is 0 Å². The minimum atomic E-state index is -0.782. The number of rotatable bonds is 9. The quantitative estimate of drug-likeness (QED) is 0.174. The number of aromatic nitrogens is 1. The molecular formula is C25H19FN2O5S. The molecule has 0 aliphatic heterocycles. The van der Waals surface area contributed by atoms with Gasteiger partial charge in [-0.2, -0.15) is 0 Å². The van der Waals surface area contributed by atoms with E-state index in [1.807, 2.05) is 18.2 Å². The van der Waals surface area contributed by atoms with Crippen LogP contribution in [-0.2, 0) is 4.84 Å². The van der Waals surface area contributed by atoms with Gasteiger partial charge in [0.05, 0.1) is 11.5 Å². The average molecular weight is 479 g/mol.